The lowest BCUT2D eigenvalue weighted by molar-refractivity contribution is -0.00959. The summed E-state index contributed by atoms with van der Waals surface area (Å²) in [6.07, 6.45) is 2.69. The van der Waals surface area contributed by atoms with Crippen molar-refractivity contribution in [2.24, 2.45) is 0 Å². The molecule has 0 aromatic heterocycles. The Bertz CT molecular complexity index is 446. The average molecular weight is 288 g/mol. The number of nitrogens with zero attached hydrogens (tertiary/aromatic N) is 1. The number of morpholine rings is 1. The van der Waals surface area contributed by atoms with Gasteiger partial charge in [-0.15, -0.1) is 0 Å². The fourth-order valence-electron chi connectivity index (χ4n) is 3.19. The Morgan fingerprint density at radius 1 is 1.29 bits per heavy atom. The molecule has 3 nitrogen and oxygen atoms in total. The molecule has 1 N–H and O–H groups in total. The van der Waals surface area contributed by atoms with Crippen LogP contribution in [0.2, 0.25) is 0 Å². The van der Waals surface area contributed by atoms with Crippen LogP contribution in [0, 0.1) is 0 Å². The van der Waals surface area contributed by atoms with Crippen LogP contribution in [0.5, 0.6) is 0 Å². The minimum atomic E-state index is 0.162. The van der Waals surface area contributed by atoms with Crippen LogP contribution in [0.4, 0.5) is 0 Å². The van der Waals surface area contributed by atoms with Gasteiger partial charge in [-0.3, -0.25) is 4.90 Å². The van der Waals surface area contributed by atoms with E-state index in [1.807, 2.05) is 0 Å². The molecule has 0 amide bonds. The van der Waals surface area contributed by atoms with Gasteiger partial charge in [-0.1, -0.05) is 37.3 Å². The van der Waals surface area contributed by atoms with Crippen LogP contribution in [0.15, 0.2) is 30.3 Å². The molecule has 2 fully saturated rings. The summed E-state index contributed by atoms with van der Waals surface area (Å²) in [4.78, 5) is 2.59. The quantitative estimate of drug-likeness (QED) is 0.870. The molecule has 1 aromatic rings. The molecule has 1 saturated heterocycles. The van der Waals surface area contributed by atoms with Gasteiger partial charge in [-0.05, 0) is 25.3 Å². The number of ether oxygens (including phenoxy) is 1. The molecule has 2 unspecified atom stereocenters. The Labute approximate surface area is 128 Å². The van der Waals surface area contributed by atoms with E-state index in [9.17, 15) is 0 Å². The minimum Gasteiger partial charge on any atom is -0.379 e. The number of hydrogen-bond donors (Lipinski definition) is 1. The second-order valence-corrected chi connectivity index (χ2v) is 6.98. The van der Waals surface area contributed by atoms with E-state index < -0.39 is 0 Å². The maximum Gasteiger partial charge on any atom is 0.0619 e. The van der Waals surface area contributed by atoms with E-state index in [-0.39, 0.29) is 5.41 Å². The van der Waals surface area contributed by atoms with E-state index in [1.165, 1.54) is 18.4 Å². The van der Waals surface area contributed by atoms with Gasteiger partial charge >= 0.3 is 0 Å². The SMILES string of the molecule is CC1COCCN1CC(C)(CNC1CC1)c1ccccc1. The highest BCUT2D eigenvalue weighted by Gasteiger charge is 2.33. The summed E-state index contributed by atoms with van der Waals surface area (Å²) in [5, 5.41) is 3.74. The highest BCUT2D eigenvalue weighted by Crippen LogP contribution is 2.28. The third kappa shape index (κ3) is 3.85. The molecule has 0 bridgehead atoms. The number of benzene rings is 1. The Morgan fingerprint density at radius 3 is 2.71 bits per heavy atom. The van der Waals surface area contributed by atoms with Gasteiger partial charge in [0.25, 0.3) is 0 Å². The molecule has 2 aliphatic rings. The topological polar surface area (TPSA) is 24.5 Å². The summed E-state index contributed by atoms with van der Waals surface area (Å²) in [6.45, 7) is 9.62. The van der Waals surface area contributed by atoms with Gasteiger partial charge in [0.05, 0.1) is 13.2 Å². The summed E-state index contributed by atoms with van der Waals surface area (Å²) in [6, 6.07) is 12.3. The number of rotatable bonds is 6. The van der Waals surface area contributed by atoms with Crippen LogP contribution in [0.25, 0.3) is 0 Å². The summed E-state index contributed by atoms with van der Waals surface area (Å²) in [7, 11) is 0. The Kier molecular flexibility index (Phi) is 4.63. The molecule has 0 radical (unpaired) electrons. The molecule has 116 valence electrons. The van der Waals surface area contributed by atoms with Gasteiger partial charge in [0, 0.05) is 37.1 Å². The fraction of sp³-hybridized carbons (Fsp3) is 0.667. The zero-order valence-electron chi connectivity index (χ0n) is 13.3. The first-order chi connectivity index (χ1) is 10.2. The molecular weight excluding hydrogens is 260 g/mol. The molecule has 1 aliphatic carbocycles. The first-order valence-corrected chi connectivity index (χ1v) is 8.28. The summed E-state index contributed by atoms with van der Waals surface area (Å²) >= 11 is 0. The average Bonchev–Trinajstić information content (AvgIpc) is 3.33. The molecule has 1 saturated carbocycles. The van der Waals surface area contributed by atoms with Crippen molar-refractivity contribution in [3.8, 4) is 0 Å². The molecule has 1 aromatic carbocycles. The normalized spacial score (nSPS) is 26.5. The lowest BCUT2D eigenvalue weighted by Crippen LogP contribution is -2.52. The van der Waals surface area contributed by atoms with Gasteiger partial charge in [-0.2, -0.15) is 0 Å². The Morgan fingerprint density at radius 2 is 2.05 bits per heavy atom. The Balaban J connectivity index is 1.73. The van der Waals surface area contributed by atoms with Gasteiger partial charge < -0.3 is 10.1 Å². The number of nitrogens with one attached hydrogen (secondary N) is 1. The van der Waals surface area contributed by atoms with Crippen molar-refractivity contribution in [3.05, 3.63) is 35.9 Å². The molecule has 2 atom stereocenters. The predicted molar refractivity (Wildman–Crippen MR) is 86.7 cm³/mol. The van der Waals surface area contributed by atoms with Crippen LogP contribution in [-0.4, -0.2) is 49.8 Å². The van der Waals surface area contributed by atoms with Gasteiger partial charge in [0.2, 0.25) is 0 Å². The van der Waals surface area contributed by atoms with Crippen LogP contribution in [-0.2, 0) is 10.2 Å². The van der Waals surface area contributed by atoms with E-state index in [2.05, 4.69) is 54.4 Å². The predicted octanol–water partition coefficient (Wildman–Crippen LogP) is 2.42. The van der Waals surface area contributed by atoms with Gasteiger partial charge in [-0.25, -0.2) is 0 Å². The molecule has 0 spiro atoms. The highest BCUT2D eigenvalue weighted by atomic mass is 16.5. The molecule has 3 heteroatoms. The second kappa shape index (κ2) is 6.47. The van der Waals surface area contributed by atoms with E-state index in [4.69, 9.17) is 4.74 Å². The van der Waals surface area contributed by atoms with E-state index in [0.717, 1.165) is 38.9 Å². The van der Waals surface area contributed by atoms with Crippen molar-refractivity contribution >= 4 is 0 Å². The smallest absolute Gasteiger partial charge is 0.0619 e. The summed E-state index contributed by atoms with van der Waals surface area (Å²) in [5.41, 5.74) is 1.60. The third-order valence-electron chi connectivity index (χ3n) is 4.89. The monoisotopic (exact) mass is 288 g/mol. The lowest BCUT2D eigenvalue weighted by Gasteiger charge is -2.41. The lowest BCUT2D eigenvalue weighted by atomic mass is 9.81. The van der Waals surface area contributed by atoms with Crippen molar-refractivity contribution < 1.29 is 4.74 Å². The molecule has 1 heterocycles. The van der Waals surface area contributed by atoms with Crippen LogP contribution >= 0.6 is 0 Å². The van der Waals surface area contributed by atoms with E-state index in [0.29, 0.717) is 6.04 Å². The zero-order chi connectivity index (χ0) is 14.7. The molecule has 1 aliphatic heterocycles. The largest absolute Gasteiger partial charge is 0.379 e. The van der Waals surface area contributed by atoms with Crippen molar-refractivity contribution in [2.45, 2.75) is 44.2 Å². The fourth-order valence-corrected chi connectivity index (χ4v) is 3.19. The van der Waals surface area contributed by atoms with E-state index in [1.54, 1.807) is 0 Å². The third-order valence-corrected chi connectivity index (χ3v) is 4.89. The maximum atomic E-state index is 5.58. The summed E-state index contributed by atoms with van der Waals surface area (Å²) in [5.74, 6) is 0. The molecule has 3 rings (SSSR count). The molecule has 21 heavy (non-hydrogen) atoms. The first kappa shape index (κ1) is 15.0. The van der Waals surface area contributed by atoms with Crippen molar-refractivity contribution in [3.63, 3.8) is 0 Å². The van der Waals surface area contributed by atoms with Gasteiger partial charge in [0.1, 0.15) is 0 Å². The second-order valence-electron chi connectivity index (χ2n) is 6.98. The van der Waals surface area contributed by atoms with Crippen molar-refractivity contribution in [1.82, 2.24) is 10.2 Å². The van der Waals surface area contributed by atoms with Crippen LogP contribution in [0.3, 0.4) is 0 Å². The standard InChI is InChI=1S/C18H28N2O/c1-15-12-21-11-10-20(15)14-18(2,13-19-17-8-9-17)16-6-4-3-5-7-16/h3-7,15,17,19H,8-14H2,1-2H3. The van der Waals surface area contributed by atoms with Gasteiger partial charge in [0.15, 0.2) is 0 Å². The van der Waals surface area contributed by atoms with Crippen LogP contribution < -0.4 is 5.32 Å². The van der Waals surface area contributed by atoms with E-state index >= 15 is 0 Å². The van der Waals surface area contributed by atoms with Crippen molar-refractivity contribution in [1.29, 1.82) is 0 Å². The maximum absolute atomic E-state index is 5.58. The summed E-state index contributed by atoms with van der Waals surface area (Å²) < 4.78 is 5.58. The highest BCUT2D eigenvalue weighted by molar-refractivity contribution is 5.26. The first-order valence-electron chi connectivity index (χ1n) is 8.28. The molecular formula is C18H28N2O. The van der Waals surface area contributed by atoms with Crippen LogP contribution in [0.1, 0.15) is 32.3 Å². The Hall–Kier alpha value is -0.900. The zero-order valence-corrected chi connectivity index (χ0v) is 13.3. The minimum absolute atomic E-state index is 0.162. The van der Waals surface area contributed by atoms with Crippen molar-refractivity contribution in [2.75, 3.05) is 32.8 Å². The number of hydrogen-bond acceptors (Lipinski definition) is 3.